The van der Waals surface area contributed by atoms with Gasteiger partial charge >= 0.3 is 11.9 Å². The predicted octanol–water partition coefficient (Wildman–Crippen LogP) is 0.692. The highest BCUT2D eigenvalue weighted by Gasteiger charge is 2.69. The molecule has 7 N–H and O–H groups in total. The number of nitrogens with zero attached hydrogens (tertiary/aromatic N) is 1. The fourth-order valence-electron chi connectivity index (χ4n) is 6.44. The summed E-state index contributed by atoms with van der Waals surface area (Å²) in [5.74, 6) is -11.4. The van der Waals surface area contributed by atoms with Crippen molar-refractivity contribution in [3.63, 3.8) is 0 Å². The molecule has 13 nitrogen and oxygen atoms in total. The first-order valence-electron chi connectivity index (χ1n) is 13.0. The number of hydrogen-bond acceptors (Lipinski definition) is 11. The number of ether oxygens (including phenoxy) is 1. The average Bonchev–Trinajstić information content (AvgIpc) is 2.88. The van der Waals surface area contributed by atoms with Crippen molar-refractivity contribution in [2.75, 3.05) is 14.1 Å². The molecule has 4 rings (SSSR count). The lowest BCUT2D eigenvalue weighted by Crippen LogP contribution is -2.71. The molecular weight excluding hydrogens is 540 g/mol. The Kier molecular flexibility index (Phi) is 7.71. The first kappa shape index (κ1) is 29.7. The van der Waals surface area contributed by atoms with Crippen molar-refractivity contribution >= 4 is 35.2 Å². The van der Waals surface area contributed by atoms with Crippen molar-refractivity contribution in [3.05, 3.63) is 46.2 Å². The molecule has 1 aromatic carbocycles. The van der Waals surface area contributed by atoms with E-state index in [4.69, 9.17) is 15.6 Å². The van der Waals surface area contributed by atoms with Crippen LogP contribution >= 0.6 is 0 Å². The van der Waals surface area contributed by atoms with E-state index in [1.807, 2.05) is 0 Å². The minimum absolute atomic E-state index is 0.0879. The van der Waals surface area contributed by atoms with Gasteiger partial charge in [0.25, 0.3) is 5.91 Å². The summed E-state index contributed by atoms with van der Waals surface area (Å²) in [6.07, 6.45) is -1.62. The highest BCUT2D eigenvalue weighted by atomic mass is 16.5. The topological polar surface area (TPSA) is 225 Å². The molecule has 6 atom stereocenters. The third-order valence-corrected chi connectivity index (χ3v) is 8.26. The second kappa shape index (κ2) is 10.6. The largest absolute Gasteiger partial charge is 0.508 e. The molecule has 0 radical (unpaired) electrons. The number of nitrogens with two attached hydrogens (primary N) is 1. The van der Waals surface area contributed by atoms with Gasteiger partial charge in [-0.3, -0.25) is 28.9 Å². The molecule has 41 heavy (non-hydrogen) atoms. The van der Waals surface area contributed by atoms with Gasteiger partial charge < -0.3 is 36.0 Å². The number of phenols is 1. The van der Waals surface area contributed by atoms with Gasteiger partial charge in [0.1, 0.15) is 28.9 Å². The van der Waals surface area contributed by atoms with E-state index in [9.17, 15) is 44.4 Å². The molecule has 1 saturated carbocycles. The molecule has 6 unspecified atom stereocenters. The number of aliphatic carboxylic acids is 1. The van der Waals surface area contributed by atoms with Gasteiger partial charge in [-0.2, -0.15) is 0 Å². The van der Waals surface area contributed by atoms with Gasteiger partial charge in [0, 0.05) is 24.3 Å². The molecule has 0 bridgehead atoms. The lowest BCUT2D eigenvalue weighted by atomic mass is 9.54. The van der Waals surface area contributed by atoms with E-state index in [1.54, 1.807) is 13.0 Å². The van der Waals surface area contributed by atoms with Crippen LogP contribution in [0.1, 0.15) is 49.7 Å². The van der Waals surface area contributed by atoms with Gasteiger partial charge in [-0.25, -0.2) is 0 Å². The number of unbranched alkanes of at least 4 members (excludes halogenated alkanes) is 1. The summed E-state index contributed by atoms with van der Waals surface area (Å²) in [5, 5.41) is 53.9. The highest BCUT2D eigenvalue weighted by Crippen LogP contribution is 2.56. The summed E-state index contributed by atoms with van der Waals surface area (Å²) < 4.78 is 5.85. The summed E-state index contributed by atoms with van der Waals surface area (Å²) in [7, 11) is 2.86. The van der Waals surface area contributed by atoms with Crippen LogP contribution in [0.15, 0.2) is 35.1 Å². The highest BCUT2D eigenvalue weighted by molar-refractivity contribution is 6.24. The molecule has 1 aromatic rings. The zero-order chi connectivity index (χ0) is 30.5. The Morgan fingerprint density at radius 1 is 1.07 bits per heavy atom. The van der Waals surface area contributed by atoms with Crippen LogP contribution in [0.25, 0.3) is 5.76 Å². The quantitative estimate of drug-likeness (QED) is 0.144. The number of carbonyl (C=O) groups excluding carboxylic acids is 4. The van der Waals surface area contributed by atoms with Crippen LogP contribution in [-0.2, 0) is 28.7 Å². The maximum atomic E-state index is 14.1. The van der Waals surface area contributed by atoms with E-state index in [2.05, 4.69) is 0 Å². The number of benzene rings is 1. The normalized spacial score (nSPS) is 29.1. The van der Waals surface area contributed by atoms with Crippen molar-refractivity contribution in [1.82, 2.24) is 4.90 Å². The Morgan fingerprint density at radius 2 is 1.71 bits per heavy atom. The summed E-state index contributed by atoms with van der Waals surface area (Å²) in [6, 6.07) is 2.93. The second-order valence-electron chi connectivity index (χ2n) is 10.9. The van der Waals surface area contributed by atoms with E-state index >= 15 is 0 Å². The third-order valence-electron chi connectivity index (χ3n) is 8.26. The zero-order valence-corrected chi connectivity index (χ0v) is 22.7. The number of aromatic hydroxyl groups is 1. The molecule has 0 heterocycles. The number of amides is 1. The summed E-state index contributed by atoms with van der Waals surface area (Å²) >= 11 is 0. The maximum absolute atomic E-state index is 14.1. The number of rotatable bonds is 8. The van der Waals surface area contributed by atoms with E-state index in [0.717, 1.165) is 0 Å². The number of hydrogen-bond donors (Lipinski definition) is 6. The summed E-state index contributed by atoms with van der Waals surface area (Å²) in [4.78, 5) is 65.1. The SMILES string of the molecule is CC1c2cccc(O)c2C(O)=C2C(=O)C3(O)C(O)=C(C(N)=O)C(=O)C(N(C)C)C3C(OC(=O)CCCCC(=O)O)C21. The Labute approximate surface area is 234 Å². The monoisotopic (exact) mass is 572 g/mol. The molecule has 0 aromatic heterocycles. The molecule has 3 aliphatic rings. The Bertz CT molecular complexity index is 1410. The Hall–Kier alpha value is -4.23. The molecule has 0 aliphatic heterocycles. The first-order valence-corrected chi connectivity index (χ1v) is 13.0. The molecule has 0 saturated heterocycles. The minimum atomic E-state index is -3.02. The number of fused-ring (bicyclic) bond motifs is 3. The van der Waals surface area contributed by atoms with E-state index in [0.29, 0.717) is 5.56 Å². The van der Waals surface area contributed by atoms with Crippen LogP contribution < -0.4 is 5.73 Å². The number of carboxylic acids is 1. The number of esters is 1. The van der Waals surface area contributed by atoms with Gasteiger partial charge in [-0.05, 0) is 44.5 Å². The van der Waals surface area contributed by atoms with Crippen LogP contribution in [0.3, 0.4) is 0 Å². The van der Waals surface area contributed by atoms with Gasteiger partial charge in [0.15, 0.2) is 11.4 Å². The fourth-order valence-corrected chi connectivity index (χ4v) is 6.44. The summed E-state index contributed by atoms with van der Waals surface area (Å²) in [6.45, 7) is 1.65. The van der Waals surface area contributed by atoms with Crippen LogP contribution in [0.2, 0.25) is 0 Å². The predicted molar refractivity (Wildman–Crippen MR) is 140 cm³/mol. The Balaban J connectivity index is 1.95. The fraction of sp³-hybridized carbons (Fsp3) is 0.464. The van der Waals surface area contributed by atoms with Gasteiger partial charge in [0.2, 0.25) is 5.78 Å². The number of carboxylic acid groups (broad SMARTS) is 1. The number of primary amides is 1. The van der Waals surface area contributed by atoms with Crippen molar-refractivity contribution in [2.24, 2.45) is 17.6 Å². The smallest absolute Gasteiger partial charge is 0.306 e. The molecule has 13 heteroatoms. The van der Waals surface area contributed by atoms with Crippen LogP contribution in [0.4, 0.5) is 0 Å². The van der Waals surface area contributed by atoms with Gasteiger partial charge in [-0.15, -0.1) is 0 Å². The molecule has 220 valence electrons. The minimum Gasteiger partial charge on any atom is -0.508 e. The third kappa shape index (κ3) is 4.54. The van der Waals surface area contributed by atoms with Gasteiger partial charge in [0.05, 0.1) is 17.5 Å². The van der Waals surface area contributed by atoms with Crippen molar-refractivity contribution in [2.45, 2.75) is 56.3 Å². The average molecular weight is 573 g/mol. The number of aliphatic hydroxyl groups excluding tert-OH is 2. The zero-order valence-electron chi connectivity index (χ0n) is 22.7. The van der Waals surface area contributed by atoms with Crippen LogP contribution in [0, 0.1) is 11.8 Å². The van der Waals surface area contributed by atoms with Crippen molar-refractivity contribution in [1.29, 1.82) is 0 Å². The van der Waals surface area contributed by atoms with Gasteiger partial charge in [-0.1, -0.05) is 19.1 Å². The summed E-state index contributed by atoms with van der Waals surface area (Å²) in [5.41, 5.74) is 1.19. The number of ketones is 2. The number of Topliss-reactive ketones (excluding diaryl/α,β-unsaturated/α-hetero) is 2. The van der Waals surface area contributed by atoms with Crippen LogP contribution in [-0.4, -0.2) is 91.7 Å². The van der Waals surface area contributed by atoms with Crippen LogP contribution in [0.5, 0.6) is 5.75 Å². The molecule has 0 spiro atoms. The lowest BCUT2D eigenvalue weighted by molar-refractivity contribution is -0.185. The van der Waals surface area contributed by atoms with E-state index in [-0.39, 0.29) is 37.0 Å². The second-order valence-corrected chi connectivity index (χ2v) is 10.9. The van der Waals surface area contributed by atoms with E-state index < -0.39 is 87.6 Å². The first-order chi connectivity index (χ1) is 19.2. The number of likely N-dealkylation sites (N-methyl/N-ethyl adjacent to an activating group) is 1. The molecule has 1 fully saturated rings. The van der Waals surface area contributed by atoms with Crippen molar-refractivity contribution < 1.29 is 54.2 Å². The molecule has 3 aliphatic carbocycles. The molecule has 1 amide bonds. The number of aliphatic hydroxyl groups is 3. The standard InChI is InChI=1S/C28H32N2O11/c1-11-12-7-6-8-13(31)17(12)22(35)18-16(11)24(41-15(34)10-5-4-9-14(32)33)20-21(30(2)3)23(36)19(27(29)39)26(38)28(20,40)25(18)37/h6-8,11,16,20-21,24,31,35,38,40H,4-5,9-10H2,1-3H3,(H2,29,39)(H,32,33). The number of carbonyl (C=O) groups is 5. The van der Waals surface area contributed by atoms with Crippen molar-refractivity contribution in [3.8, 4) is 5.75 Å². The lowest BCUT2D eigenvalue weighted by Gasteiger charge is -2.54. The maximum Gasteiger partial charge on any atom is 0.306 e. The number of phenolic OH excluding ortho intramolecular Hbond substituents is 1. The Morgan fingerprint density at radius 3 is 2.29 bits per heavy atom. The molecular formula is C28H32N2O11. The van der Waals surface area contributed by atoms with E-state index in [1.165, 1.54) is 31.1 Å².